The zero-order valence-electron chi connectivity index (χ0n) is 11.6. The summed E-state index contributed by atoms with van der Waals surface area (Å²) in [5.74, 6) is 0.430. The maximum absolute atomic E-state index is 12.2. The summed E-state index contributed by atoms with van der Waals surface area (Å²) >= 11 is 0. The number of hydrogen-bond acceptors (Lipinski definition) is 2. The Labute approximate surface area is 109 Å². The van der Waals surface area contributed by atoms with Gasteiger partial charge in [-0.25, -0.2) is 0 Å². The zero-order chi connectivity index (χ0) is 13.2. The first-order chi connectivity index (χ1) is 8.56. The fourth-order valence-corrected chi connectivity index (χ4v) is 3.27. The lowest BCUT2D eigenvalue weighted by molar-refractivity contribution is -0.148. The van der Waals surface area contributed by atoms with Crippen LogP contribution in [0.1, 0.15) is 46.0 Å². The van der Waals surface area contributed by atoms with Gasteiger partial charge in [0.1, 0.15) is 0 Å². The van der Waals surface area contributed by atoms with Crippen molar-refractivity contribution in [1.29, 1.82) is 0 Å². The fourth-order valence-electron chi connectivity index (χ4n) is 3.27. The summed E-state index contributed by atoms with van der Waals surface area (Å²) in [5, 5.41) is 0. The highest BCUT2D eigenvalue weighted by Crippen LogP contribution is 2.39. The van der Waals surface area contributed by atoms with Gasteiger partial charge in [0.15, 0.2) is 0 Å². The number of carbonyl (C=O) groups excluding carboxylic acids is 2. The maximum Gasteiger partial charge on any atom is 0.223 e. The van der Waals surface area contributed by atoms with Crippen molar-refractivity contribution in [1.82, 2.24) is 9.80 Å². The fraction of sp³-hybridized carbons (Fsp3) is 0.857. The molecule has 2 amide bonds. The Hall–Kier alpha value is -1.06. The molecule has 0 spiro atoms. The Balaban J connectivity index is 1.91. The average Bonchev–Trinajstić information content (AvgIpc) is 2.78. The zero-order valence-corrected chi connectivity index (χ0v) is 11.6. The number of carbonyl (C=O) groups is 2. The third kappa shape index (κ3) is 2.68. The van der Waals surface area contributed by atoms with Gasteiger partial charge >= 0.3 is 0 Å². The van der Waals surface area contributed by atoms with E-state index in [4.69, 9.17) is 0 Å². The van der Waals surface area contributed by atoms with Crippen LogP contribution in [0.5, 0.6) is 0 Å². The van der Waals surface area contributed by atoms with E-state index in [0.717, 1.165) is 51.9 Å². The van der Waals surface area contributed by atoms with Crippen molar-refractivity contribution in [3.63, 3.8) is 0 Å². The van der Waals surface area contributed by atoms with E-state index in [1.54, 1.807) is 6.92 Å². The second-order valence-corrected chi connectivity index (χ2v) is 5.89. The van der Waals surface area contributed by atoms with Crippen molar-refractivity contribution in [3.05, 3.63) is 0 Å². The van der Waals surface area contributed by atoms with Gasteiger partial charge < -0.3 is 9.80 Å². The largest absolute Gasteiger partial charge is 0.343 e. The molecule has 0 atom stereocenters. The van der Waals surface area contributed by atoms with Crippen LogP contribution in [-0.4, -0.2) is 47.8 Å². The molecule has 0 unspecified atom stereocenters. The second-order valence-electron chi connectivity index (χ2n) is 5.89. The average molecular weight is 252 g/mol. The lowest BCUT2D eigenvalue weighted by Crippen LogP contribution is -2.59. The van der Waals surface area contributed by atoms with Crippen molar-refractivity contribution < 1.29 is 9.59 Å². The number of hydrogen-bond donors (Lipinski definition) is 0. The summed E-state index contributed by atoms with van der Waals surface area (Å²) < 4.78 is 0. The molecule has 0 N–H and O–H groups in total. The summed E-state index contributed by atoms with van der Waals surface area (Å²) in [7, 11) is 0. The van der Waals surface area contributed by atoms with Crippen molar-refractivity contribution in [2.45, 2.75) is 46.0 Å². The number of amides is 2. The van der Waals surface area contributed by atoms with E-state index in [2.05, 4.69) is 6.92 Å². The van der Waals surface area contributed by atoms with E-state index in [1.165, 1.54) is 0 Å². The number of nitrogens with zero attached hydrogens (tertiary/aromatic N) is 2. The molecule has 0 radical (unpaired) electrons. The Kier molecular flexibility index (Phi) is 3.93. The quantitative estimate of drug-likeness (QED) is 0.763. The predicted molar refractivity (Wildman–Crippen MR) is 70.0 cm³/mol. The lowest BCUT2D eigenvalue weighted by Gasteiger charge is -2.50. The molecule has 102 valence electrons. The predicted octanol–water partition coefficient (Wildman–Crippen LogP) is 1.65. The maximum atomic E-state index is 12.2. The van der Waals surface area contributed by atoms with Gasteiger partial charge in [0.05, 0.1) is 0 Å². The topological polar surface area (TPSA) is 40.6 Å². The number of rotatable bonds is 4. The van der Waals surface area contributed by atoms with Gasteiger partial charge in [-0.15, -0.1) is 0 Å². The van der Waals surface area contributed by atoms with Crippen LogP contribution in [-0.2, 0) is 9.59 Å². The summed E-state index contributed by atoms with van der Waals surface area (Å²) in [6.07, 6.45) is 5.05. The van der Waals surface area contributed by atoms with E-state index in [1.807, 2.05) is 9.80 Å². The molecule has 0 saturated carbocycles. The Morgan fingerprint density at radius 1 is 1.11 bits per heavy atom. The van der Waals surface area contributed by atoms with E-state index in [-0.39, 0.29) is 11.3 Å². The molecule has 2 rings (SSSR count). The molecule has 4 nitrogen and oxygen atoms in total. The van der Waals surface area contributed by atoms with Gasteiger partial charge in [0.25, 0.3) is 0 Å². The smallest absolute Gasteiger partial charge is 0.223 e. The molecule has 0 aromatic heterocycles. The third-order valence-electron chi connectivity index (χ3n) is 4.26. The monoisotopic (exact) mass is 252 g/mol. The van der Waals surface area contributed by atoms with E-state index in [9.17, 15) is 9.59 Å². The first kappa shape index (κ1) is 13.4. The van der Waals surface area contributed by atoms with E-state index < -0.39 is 0 Å². The van der Waals surface area contributed by atoms with Crippen LogP contribution < -0.4 is 0 Å². The van der Waals surface area contributed by atoms with E-state index >= 15 is 0 Å². The Bertz CT molecular complexity index is 329. The van der Waals surface area contributed by atoms with Gasteiger partial charge in [-0.05, 0) is 19.3 Å². The van der Waals surface area contributed by atoms with Crippen LogP contribution in [0.2, 0.25) is 0 Å². The molecule has 2 fully saturated rings. The van der Waals surface area contributed by atoms with Crippen molar-refractivity contribution >= 4 is 11.8 Å². The molecule has 0 aromatic rings. The molecular weight excluding hydrogens is 228 g/mol. The van der Waals surface area contributed by atoms with Crippen LogP contribution >= 0.6 is 0 Å². The molecule has 18 heavy (non-hydrogen) atoms. The molecule has 4 heteroatoms. The third-order valence-corrected chi connectivity index (χ3v) is 4.26. The van der Waals surface area contributed by atoms with Crippen LogP contribution in [0.3, 0.4) is 0 Å². The van der Waals surface area contributed by atoms with Crippen LogP contribution in [0.25, 0.3) is 0 Å². The summed E-state index contributed by atoms with van der Waals surface area (Å²) in [4.78, 5) is 27.4. The van der Waals surface area contributed by atoms with Crippen LogP contribution in [0.15, 0.2) is 0 Å². The van der Waals surface area contributed by atoms with Crippen LogP contribution in [0.4, 0.5) is 0 Å². The van der Waals surface area contributed by atoms with Gasteiger partial charge in [-0.2, -0.15) is 0 Å². The molecule has 0 aliphatic carbocycles. The van der Waals surface area contributed by atoms with E-state index in [0.29, 0.717) is 12.3 Å². The SMILES string of the molecule is CCCC1(CC(=O)N2CCCC2)CN(C(C)=O)C1. The minimum absolute atomic E-state index is 0.0695. The van der Waals surface area contributed by atoms with Crippen LogP contribution in [0, 0.1) is 5.41 Å². The molecule has 0 bridgehead atoms. The highest BCUT2D eigenvalue weighted by atomic mass is 16.2. The summed E-state index contributed by atoms with van der Waals surface area (Å²) in [6.45, 7) is 7.16. The first-order valence-corrected chi connectivity index (χ1v) is 7.10. The highest BCUT2D eigenvalue weighted by molar-refractivity contribution is 5.79. The lowest BCUT2D eigenvalue weighted by atomic mass is 9.73. The van der Waals surface area contributed by atoms with Gasteiger partial charge in [0.2, 0.25) is 11.8 Å². The Morgan fingerprint density at radius 2 is 1.72 bits per heavy atom. The standard InChI is InChI=1S/C14H24N2O2/c1-3-6-14(10-16(11-14)12(2)17)9-13(18)15-7-4-5-8-15/h3-11H2,1-2H3. The normalized spacial score (nSPS) is 21.9. The molecule has 0 aromatic carbocycles. The molecule has 2 aliphatic heterocycles. The van der Waals surface area contributed by atoms with Gasteiger partial charge in [0, 0.05) is 44.9 Å². The summed E-state index contributed by atoms with van der Waals surface area (Å²) in [5.41, 5.74) is 0.0695. The second kappa shape index (κ2) is 5.29. The minimum atomic E-state index is 0.0695. The van der Waals surface area contributed by atoms with Crippen molar-refractivity contribution in [3.8, 4) is 0 Å². The Morgan fingerprint density at radius 3 is 2.22 bits per heavy atom. The van der Waals surface area contributed by atoms with Gasteiger partial charge in [-0.3, -0.25) is 9.59 Å². The molecule has 2 aliphatic rings. The number of likely N-dealkylation sites (tertiary alicyclic amines) is 2. The highest BCUT2D eigenvalue weighted by Gasteiger charge is 2.45. The van der Waals surface area contributed by atoms with Crippen molar-refractivity contribution in [2.75, 3.05) is 26.2 Å². The molecule has 2 heterocycles. The first-order valence-electron chi connectivity index (χ1n) is 7.10. The van der Waals surface area contributed by atoms with Gasteiger partial charge in [-0.1, -0.05) is 13.3 Å². The minimum Gasteiger partial charge on any atom is -0.343 e. The molecular formula is C14H24N2O2. The molecule has 2 saturated heterocycles. The summed E-state index contributed by atoms with van der Waals surface area (Å²) in [6, 6.07) is 0. The van der Waals surface area contributed by atoms with Crippen molar-refractivity contribution in [2.24, 2.45) is 5.41 Å².